The third-order valence-corrected chi connectivity index (χ3v) is 4.23. The molecule has 1 fully saturated rings. The van der Waals surface area contributed by atoms with Crippen LogP contribution in [0.15, 0.2) is 24.3 Å². The number of rotatable bonds is 4. The van der Waals surface area contributed by atoms with Crippen molar-refractivity contribution in [1.29, 1.82) is 0 Å². The summed E-state index contributed by atoms with van der Waals surface area (Å²) < 4.78 is 0. The van der Waals surface area contributed by atoms with Crippen LogP contribution in [0.3, 0.4) is 0 Å². The Balaban J connectivity index is 1.97. The Kier molecular flexibility index (Phi) is 3.63. The largest absolute Gasteiger partial charge is 0.295 e. The van der Waals surface area contributed by atoms with Crippen molar-refractivity contribution < 1.29 is 4.79 Å². The van der Waals surface area contributed by atoms with Crippen molar-refractivity contribution in [3.63, 3.8) is 0 Å². The van der Waals surface area contributed by atoms with Gasteiger partial charge in [-0.05, 0) is 49.5 Å². The smallest absolute Gasteiger partial charge is 0.158 e. The summed E-state index contributed by atoms with van der Waals surface area (Å²) >= 11 is 0. The number of carbonyl (C=O) groups is 1. The molecule has 0 aromatic rings. The van der Waals surface area contributed by atoms with Gasteiger partial charge in [-0.1, -0.05) is 25.0 Å². The molecular weight excluding hydrogens is 196 g/mol. The monoisotopic (exact) mass is 218 g/mol. The van der Waals surface area contributed by atoms with Gasteiger partial charge < -0.3 is 0 Å². The molecule has 1 saturated carbocycles. The maximum absolute atomic E-state index is 12.0. The standard InChI is InChI=1S/C15H22O/c1-2-3-8-14(16)13-7-6-11-15(12-13)9-4-5-10-15/h2,7H,1,3-6,8-12H2. The van der Waals surface area contributed by atoms with Crippen molar-refractivity contribution in [2.75, 3.05) is 0 Å². The molecule has 1 nitrogen and oxygen atoms in total. The van der Waals surface area contributed by atoms with E-state index in [1.807, 2.05) is 6.08 Å². The lowest BCUT2D eigenvalue weighted by Crippen LogP contribution is -2.23. The zero-order chi connectivity index (χ0) is 11.4. The molecule has 0 unspecified atom stereocenters. The highest BCUT2D eigenvalue weighted by Crippen LogP contribution is 2.49. The lowest BCUT2D eigenvalue weighted by molar-refractivity contribution is -0.116. The van der Waals surface area contributed by atoms with Crippen LogP contribution in [0, 0.1) is 5.41 Å². The number of allylic oxidation sites excluding steroid dienone is 3. The lowest BCUT2D eigenvalue weighted by atomic mass is 9.72. The second-order valence-electron chi connectivity index (χ2n) is 5.40. The SMILES string of the molecule is C=CCCC(=O)C1=CCCC2(CCCC2)C1. The number of hydrogen-bond acceptors (Lipinski definition) is 1. The Morgan fingerprint density at radius 3 is 2.81 bits per heavy atom. The van der Waals surface area contributed by atoms with Crippen LogP contribution in [0.1, 0.15) is 57.8 Å². The zero-order valence-electron chi connectivity index (χ0n) is 10.1. The Morgan fingerprint density at radius 1 is 1.38 bits per heavy atom. The van der Waals surface area contributed by atoms with E-state index in [4.69, 9.17) is 0 Å². The summed E-state index contributed by atoms with van der Waals surface area (Å²) in [4.78, 5) is 12.0. The molecule has 2 aliphatic carbocycles. The summed E-state index contributed by atoms with van der Waals surface area (Å²) in [6.07, 6.45) is 14.4. The van der Waals surface area contributed by atoms with Gasteiger partial charge in [-0.2, -0.15) is 0 Å². The van der Waals surface area contributed by atoms with Crippen molar-refractivity contribution in [3.05, 3.63) is 24.3 Å². The van der Waals surface area contributed by atoms with Gasteiger partial charge in [0.25, 0.3) is 0 Å². The summed E-state index contributed by atoms with van der Waals surface area (Å²) in [5.41, 5.74) is 1.63. The van der Waals surface area contributed by atoms with E-state index < -0.39 is 0 Å². The fourth-order valence-electron chi connectivity index (χ4n) is 3.28. The zero-order valence-corrected chi connectivity index (χ0v) is 10.1. The van der Waals surface area contributed by atoms with E-state index in [-0.39, 0.29) is 0 Å². The summed E-state index contributed by atoms with van der Waals surface area (Å²) in [5, 5.41) is 0. The van der Waals surface area contributed by atoms with Crippen LogP contribution in [0.5, 0.6) is 0 Å². The normalized spacial score (nSPS) is 23.1. The first kappa shape index (κ1) is 11.6. The average molecular weight is 218 g/mol. The van der Waals surface area contributed by atoms with Crippen LogP contribution < -0.4 is 0 Å². The van der Waals surface area contributed by atoms with E-state index in [0.29, 0.717) is 17.6 Å². The fourth-order valence-corrected chi connectivity index (χ4v) is 3.28. The van der Waals surface area contributed by atoms with Crippen molar-refractivity contribution in [3.8, 4) is 0 Å². The molecule has 0 radical (unpaired) electrons. The van der Waals surface area contributed by atoms with Crippen LogP contribution >= 0.6 is 0 Å². The minimum Gasteiger partial charge on any atom is -0.295 e. The third kappa shape index (κ3) is 2.45. The van der Waals surface area contributed by atoms with Gasteiger partial charge in [0, 0.05) is 6.42 Å². The minimum absolute atomic E-state index is 0.367. The highest BCUT2D eigenvalue weighted by Gasteiger charge is 2.36. The maximum Gasteiger partial charge on any atom is 0.158 e. The number of carbonyl (C=O) groups excluding carboxylic acids is 1. The van der Waals surface area contributed by atoms with Crippen molar-refractivity contribution in [2.24, 2.45) is 5.41 Å². The lowest BCUT2D eigenvalue weighted by Gasteiger charge is -2.33. The molecule has 0 atom stereocenters. The third-order valence-electron chi connectivity index (χ3n) is 4.23. The van der Waals surface area contributed by atoms with Crippen LogP contribution in [0.2, 0.25) is 0 Å². The van der Waals surface area contributed by atoms with E-state index in [1.165, 1.54) is 32.1 Å². The molecule has 16 heavy (non-hydrogen) atoms. The first-order valence-electron chi connectivity index (χ1n) is 6.59. The van der Waals surface area contributed by atoms with Gasteiger partial charge in [0.2, 0.25) is 0 Å². The van der Waals surface area contributed by atoms with Crippen molar-refractivity contribution >= 4 is 5.78 Å². The quantitative estimate of drug-likeness (QED) is 0.646. The van der Waals surface area contributed by atoms with E-state index in [1.54, 1.807) is 0 Å². The summed E-state index contributed by atoms with van der Waals surface area (Å²) in [5.74, 6) is 0.367. The molecule has 2 rings (SSSR count). The first-order valence-corrected chi connectivity index (χ1v) is 6.59. The van der Waals surface area contributed by atoms with E-state index >= 15 is 0 Å². The molecule has 0 amide bonds. The molecule has 88 valence electrons. The van der Waals surface area contributed by atoms with Gasteiger partial charge in [0.1, 0.15) is 0 Å². The molecule has 0 aromatic carbocycles. The first-order chi connectivity index (χ1) is 7.76. The predicted octanol–water partition coefficient (Wildman–Crippen LogP) is 4.19. The number of Topliss-reactive ketones (excluding diaryl/α,β-unsaturated/α-hetero) is 1. The predicted molar refractivity (Wildman–Crippen MR) is 67.3 cm³/mol. The molecule has 2 aliphatic rings. The Labute approximate surface area is 98.6 Å². The second-order valence-corrected chi connectivity index (χ2v) is 5.40. The molecule has 0 heterocycles. The maximum atomic E-state index is 12.0. The molecular formula is C15H22O. The topological polar surface area (TPSA) is 17.1 Å². The fraction of sp³-hybridized carbons (Fsp3) is 0.667. The molecule has 0 saturated heterocycles. The molecule has 1 heteroatoms. The molecule has 0 aliphatic heterocycles. The number of hydrogen-bond donors (Lipinski definition) is 0. The minimum atomic E-state index is 0.367. The van der Waals surface area contributed by atoms with Gasteiger partial charge >= 0.3 is 0 Å². The summed E-state index contributed by atoms with van der Waals surface area (Å²) in [6, 6.07) is 0. The van der Waals surface area contributed by atoms with Gasteiger partial charge in [0.15, 0.2) is 5.78 Å². The molecule has 0 bridgehead atoms. The Bertz CT molecular complexity index is 305. The van der Waals surface area contributed by atoms with Crippen LogP contribution in [-0.2, 0) is 4.79 Å². The van der Waals surface area contributed by atoms with Gasteiger partial charge in [-0.3, -0.25) is 4.79 Å². The average Bonchev–Trinajstić information content (AvgIpc) is 2.74. The van der Waals surface area contributed by atoms with E-state index in [9.17, 15) is 4.79 Å². The summed E-state index contributed by atoms with van der Waals surface area (Å²) in [7, 11) is 0. The van der Waals surface area contributed by atoms with Crippen molar-refractivity contribution in [2.45, 2.75) is 57.8 Å². The van der Waals surface area contributed by atoms with Crippen LogP contribution in [0.25, 0.3) is 0 Å². The summed E-state index contributed by atoms with van der Waals surface area (Å²) in [6.45, 7) is 3.68. The highest BCUT2D eigenvalue weighted by molar-refractivity contribution is 5.95. The van der Waals surface area contributed by atoms with E-state index in [2.05, 4.69) is 12.7 Å². The van der Waals surface area contributed by atoms with E-state index in [0.717, 1.165) is 24.8 Å². The Morgan fingerprint density at radius 2 is 2.12 bits per heavy atom. The van der Waals surface area contributed by atoms with Gasteiger partial charge in [-0.25, -0.2) is 0 Å². The second kappa shape index (κ2) is 4.99. The molecule has 1 spiro atoms. The molecule has 0 N–H and O–H groups in total. The highest BCUT2D eigenvalue weighted by atomic mass is 16.1. The van der Waals surface area contributed by atoms with Gasteiger partial charge in [-0.15, -0.1) is 6.58 Å². The van der Waals surface area contributed by atoms with Crippen molar-refractivity contribution in [1.82, 2.24) is 0 Å². The Hall–Kier alpha value is -0.850. The van der Waals surface area contributed by atoms with Crippen LogP contribution in [-0.4, -0.2) is 5.78 Å². The molecule has 0 aromatic heterocycles. The van der Waals surface area contributed by atoms with Crippen LogP contribution in [0.4, 0.5) is 0 Å². The van der Waals surface area contributed by atoms with Gasteiger partial charge in [0.05, 0.1) is 0 Å². The number of ketones is 1.